The molecular formula is C69H112O6. The Bertz CT molecular complexity index is 1620. The Kier molecular flexibility index (Phi) is 58.4. The Morgan fingerprint density at radius 2 is 0.547 bits per heavy atom. The standard InChI is InChI=1S/C69H112O6/c1-4-7-10-13-16-19-22-25-28-31-34-37-40-43-46-49-52-55-58-61-67(70)73-64-66(75-69(72)63-60-57-54-51-48-45-42-39-36-33-30-27-24-21-18-15-12-9-6-3)65-74-68(71)62-59-56-53-50-47-44-41-38-35-32-29-26-23-20-17-14-11-8-5-2/h9,12,16,18-19,21,25,27-28,30,34,36-37,39,43,45-46,48,52,54-55,57,66H,4-8,10-11,13-15,17,20,22-24,26,29,31-33,35,38,40-42,44,47,49-51,53,56,58-65H2,1-3H3/b12-9-,19-16-,21-18-,28-25-,30-27-,37-34-,39-36-,46-43-,48-45-,55-52-,57-54-/t66-/m1/s1. The van der Waals surface area contributed by atoms with Crippen LogP contribution in [0.4, 0.5) is 0 Å². The van der Waals surface area contributed by atoms with Crippen molar-refractivity contribution in [2.24, 2.45) is 0 Å². The van der Waals surface area contributed by atoms with Gasteiger partial charge in [-0.05, 0) is 96.3 Å². The van der Waals surface area contributed by atoms with Crippen LogP contribution in [0.5, 0.6) is 0 Å². The first-order valence-electron chi connectivity index (χ1n) is 30.7. The van der Waals surface area contributed by atoms with Gasteiger partial charge in [0.25, 0.3) is 0 Å². The van der Waals surface area contributed by atoms with Crippen molar-refractivity contribution in [1.29, 1.82) is 0 Å². The molecule has 0 saturated heterocycles. The van der Waals surface area contributed by atoms with E-state index in [1.807, 2.05) is 18.2 Å². The maximum absolute atomic E-state index is 12.9. The second-order valence-electron chi connectivity index (χ2n) is 19.9. The van der Waals surface area contributed by atoms with Gasteiger partial charge in [-0.3, -0.25) is 14.4 Å². The molecule has 0 unspecified atom stereocenters. The smallest absolute Gasteiger partial charge is 0.306 e. The van der Waals surface area contributed by atoms with Crippen LogP contribution in [0.15, 0.2) is 134 Å². The van der Waals surface area contributed by atoms with Gasteiger partial charge in [-0.1, -0.05) is 283 Å². The van der Waals surface area contributed by atoms with Crippen molar-refractivity contribution in [3.8, 4) is 0 Å². The van der Waals surface area contributed by atoms with Crippen molar-refractivity contribution in [2.75, 3.05) is 13.2 Å². The number of carbonyl (C=O) groups is 3. The fourth-order valence-corrected chi connectivity index (χ4v) is 8.10. The van der Waals surface area contributed by atoms with E-state index in [0.29, 0.717) is 19.3 Å². The van der Waals surface area contributed by atoms with Crippen LogP contribution < -0.4 is 0 Å². The molecule has 6 nitrogen and oxygen atoms in total. The second-order valence-corrected chi connectivity index (χ2v) is 19.9. The first kappa shape index (κ1) is 70.5. The van der Waals surface area contributed by atoms with Gasteiger partial charge in [-0.25, -0.2) is 0 Å². The highest BCUT2D eigenvalue weighted by atomic mass is 16.6. The molecule has 1 atom stereocenters. The molecule has 6 heteroatoms. The predicted molar refractivity (Wildman–Crippen MR) is 325 cm³/mol. The van der Waals surface area contributed by atoms with Crippen molar-refractivity contribution < 1.29 is 28.6 Å². The normalized spacial score (nSPS) is 13.1. The van der Waals surface area contributed by atoms with Crippen molar-refractivity contribution in [3.63, 3.8) is 0 Å². The summed E-state index contributed by atoms with van der Waals surface area (Å²) in [6.45, 7) is 6.38. The molecular weight excluding hydrogens is 925 g/mol. The van der Waals surface area contributed by atoms with E-state index in [4.69, 9.17) is 14.2 Å². The van der Waals surface area contributed by atoms with E-state index in [0.717, 1.165) is 83.5 Å². The lowest BCUT2D eigenvalue weighted by Gasteiger charge is -2.18. The average Bonchev–Trinajstić information content (AvgIpc) is 3.41. The quantitative estimate of drug-likeness (QED) is 0.0261. The number of hydrogen-bond donors (Lipinski definition) is 0. The molecule has 0 aromatic rings. The minimum absolute atomic E-state index is 0.133. The maximum Gasteiger partial charge on any atom is 0.306 e. The summed E-state index contributed by atoms with van der Waals surface area (Å²) in [7, 11) is 0. The predicted octanol–water partition coefficient (Wildman–Crippen LogP) is 21.0. The molecule has 75 heavy (non-hydrogen) atoms. The Morgan fingerprint density at radius 1 is 0.280 bits per heavy atom. The molecule has 0 fully saturated rings. The molecule has 0 heterocycles. The lowest BCUT2D eigenvalue weighted by Crippen LogP contribution is -2.30. The van der Waals surface area contributed by atoms with Crippen LogP contribution in [-0.2, 0) is 28.6 Å². The summed E-state index contributed by atoms with van der Waals surface area (Å²) in [6, 6.07) is 0. The number of carbonyl (C=O) groups excluding carboxylic acids is 3. The Labute approximate surface area is 462 Å². The van der Waals surface area contributed by atoms with Gasteiger partial charge in [0.1, 0.15) is 13.2 Å². The molecule has 0 rings (SSSR count). The summed E-state index contributed by atoms with van der Waals surface area (Å²) in [5.74, 6) is -1.10. The van der Waals surface area contributed by atoms with Gasteiger partial charge < -0.3 is 14.2 Å². The number of esters is 3. The third-order valence-corrected chi connectivity index (χ3v) is 12.7. The van der Waals surface area contributed by atoms with Crippen molar-refractivity contribution >= 4 is 17.9 Å². The largest absolute Gasteiger partial charge is 0.462 e. The summed E-state index contributed by atoms with van der Waals surface area (Å²) in [4.78, 5) is 38.2. The molecule has 0 aromatic carbocycles. The van der Waals surface area contributed by atoms with Crippen LogP contribution in [0.3, 0.4) is 0 Å². The maximum atomic E-state index is 12.9. The number of ether oxygens (including phenoxy) is 3. The van der Waals surface area contributed by atoms with Gasteiger partial charge in [-0.15, -0.1) is 0 Å². The van der Waals surface area contributed by atoms with Crippen LogP contribution >= 0.6 is 0 Å². The van der Waals surface area contributed by atoms with E-state index in [2.05, 4.69) is 136 Å². The van der Waals surface area contributed by atoms with E-state index >= 15 is 0 Å². The molecule has 0 spiro atoms. The van der Waals surface area contributed by atoms with Gasteiger partial charge >= 0.3 is 17.9 Å². The summed E-state index contributed by atoms with van der Waals surface area (Å²) in [6.07, 6.45) is 87.6. The second kappa shape index (κ2) is 62.1. The van der Waals surface area contributed by atoms with E-state index < -0.39 is 12.1 Å². The van der Waals surface area contributed by atoms with E-state index in [-0.39, 0.29) is 38.0 Å². The molecule has 0 aliphatic rings. The fraction of sp³-hybridized carbons (Fsp3) is 0.638. The summed E-state index contributed by atoms with van der Waals surface area (Å²) in [5.41, 5.74) is 0. The van der Waals surface area contributed by atoms with Gasteiger partial charge in [0.15, 0.2) is 6.10 Å². The molecule has 0 bridgehead atoms. The Balaban J connectivity index is 4.60. The highest BCUT2D eigenvalue weighted by Gasteiger charge is 2.19. The van der Waals surface area contributed by atoms with E-state index in [1.165, 1.54) is 128 Å². The summed E-state index contributed by atoms with van der Waals surface area (Å²) >= 11 is 0. The topological polar surface area (TPSA) is 78.9 Å². The lowest BCUT2D eigenvalue weighted by molar-refractivity contribution is -0.166. The van der Waals surface area contributed by atoms with E-state index in [9.17, 15) is 14.4 Å². The Morgan fingerprint density at radius 3 is 0.893 bits per heavy atom. The zero-order valence-corrected chi connectivity index (χ0v) is 48.5. The van der Waals surface area contributed by atoms with Gasteiger partial charge in [0.05, 0.1) is 0 Å². The van der Waals surface area contributed by atoms with Crippen LogP contribution in [0, 0.1) is 0 Å². The summed E-state index contributed by atoms with van der Waals surface area (Å²) < 4.78 is 16.8. The number of unbranched alkanes of at least 4 members (excludes halogenated alkanes) is 21. The van der Waals surface area contributed by atoms with Gasteiger partial charge in [0.2, 0.25) is 0 Å². The van der Waals surface area contributed by atoms with Crippen LogP contribution in [0.2, 0.25) is 0 Å². The van der Waals surface area contributed by atoms with E-state index in [1.54, 1.807) is 0 Å². The van der Waals surface area contributed by atoms with Gasteiger partial charge in [-0.2, -0.15) is 0 Å². The third kappa shape index (κ3) is 60.3. The molecule has 0 saturated carbocycles. The minimum atomic E-state index is -0.853. The zero-order chi connectivity index (χ0) is 54.3. The number of hydrogen-bond acceptors (Lipinski definition) is 6. The molecule has 0 aliphatic heterocycles. The highest BCUT2D eigenvalue weighted by molar-refractivity contribution is 5.71. The van der Waals surface area contributed by atoms with Crippen molar-refractivity contribution in [2.45, 2.75) is 271 Å². The molecule has 0 aliphatic carbocycles. The fourth-order valence-electron chi connectivity index (χ4n) is 8.10. The van der Waals surface area contributed by atoms with Crippen molar-refractivity contribution in [3.05, 3.63) is 134 Å². The highest BCUT2D eigenvalue weighted by Crippen LogP contribution is 2.16. The SMILES string of the molecule is CC/C=C\C/C=C\C/C=C\C/C=C\C/C=C\C/C=C\CCC(=O)O[C@H](COC(=O)CC/C=C\C/C=C\C/C=C\C/C=C\C/C=C\CCCCC)COC(=O)CCCCCCCCCCCCCCCCCCCCC. The van der Waals surface area contributed by atoms with Crippen molar-refractivity contribution in [1.82, 2.24) is 0 Å². The first-order chi connectivity index (χ1) is 37.0. The summed E-state index contributed by atoms with van der Waals surface area (Å²) in [5, 5.41) is 0. The third-order valence-electron chi connectivity index (χ3n) is 12.7. The van der Waals surface area contributed by atoms with Gasteiger partial charge in [0, 0.05) is 19.3 Å². The van der Waals surface area contributed by atoms with Crippen LogP contribution in [0.1, 0.15) is 265 Å². The molecule has 0 aromatic heterocycles. The monoisotopic (exact) mass is 1040 g/mol. The molecule has 0 amide bonds. The average molecular weight is 1040 g/mol. The number of allylic oxidation sites excluding steroid dienone is 22. The molecule has 0 N–H and O–H groups in total. The first-order valence-corrected chi connectivity index (χ1v) is 30.7. The Hall–Kier alpha value is -4.45. The minimum Gasteiger partial charge on any atom is -0.462 e. The number of rotatable bonds is 54. The molecule has 0 radical (unpaired) electrons. The van der Waals surface area contributed by atoms with Crippen LogP contribution in [-0.4, -0.2) is 37.2 Å². The van der Waals surface area contributed by atoms with Crippen LogP contribution in [0.25, 0.3) is 0 Å². The molecule has 424 valence electrons. The zero-order valence-electron chi connectivity index (χ0n) is 48.5. The lowest BCUT2D eigenvalue weighted by atomic mass is 10.0.